The van der Waals surface area contributed by atoms with Crippen molar-refractivity contribution in [2.24, 2.45) is 0 Å². The number of nitrogens with two attached hydrogens (primary N) is 1. The van der Waals surface area contributed by atoms with Crippen LogP contribution in [0.5, 0.6) is 0 Å². The first-order valence-corrected chi connectivity index (χ1v) is 4.35. The summed E-state index contributed by atoms with van der Waals surface area (Å²) in [6, 6.07) is 4.86. The minimum absolute atomic E-state index is 0. The van der Waals surface area contributed by atoms with Crippen LogP contribution in [-0.2, 0) is 24.2 Å². The Morgan fingerprint density at radius 3 is 2.71 bits per heavy atom. The van der Waals surface area contributed by atoms with E-state index in [4.69, 9.17) is 10.5 Å². The summed E-state index contributed by atoms with van der Waals surface area (Å²) in [5, 5.41) is 0. The maximum atomic E-state index is 11.2. The molecule has 0 atom stereocenters. The second-order valence-electron chi connectivity index (χ2n) is 2.49. The number of hydrogen-bond donors (Lipinski definition) is 2. The van der Waals surface area contributed by atoms with E-state index in [1.54, 1.807) is 25.1 Å². The van der Waals surface area contributed by atoms with Crippen molar-refractivity contribution in [3.05, 3.63) is 23.8 Å². The Hall–Kier alpha value is -0.537. The van der Waals surface area contributed by atoms with Gasteiger partial charge in [-0.05, 0) is 25.1 Å². The summed E-state index contributed by atoms with van der Waals surface area (Å²) in [6.07, 6.45) is 0. The molecule has 5 heteroatoms. The van der Waals surface area contributed by atoms with Gasteiger partial charge < -0.3 is 10.5 Å². The molecule has 0 saturated heterocycles. The number of thiol groups is 1. The molecule has 2 N–H and O–H groups in total. The van der Waals surface area contributed by atoms with Crippen molar-refractivity contribution in [2.75, 3.05) is 12.3 Å². The molecule has 1 aromatic carbocycles. The predicted molar refractivity (Wildman–Crippen MR) is 54.1 cm³/mol. The van der Waals surface area contributed by atoms with Crippen LogP contribution < -0.4 is 5.73 Å². The third kappa shape index (κ3) is 3.31. The topological polar surface area (TPSA) is 52.3 Å². The Morgan fingerprint density at radius 1 is 1.57 bits per heavy atom. The second kappa shape index (κ2) is 6.04. The van der Waals surface area contributed by atoms with Gasteiger partial charge in [-0.25, -0.2) is 4.79 Å². The molecule has 0 unspecified atom stereocenters. The molecule has 0 aliphatic rings. The fourth-order valence-electron chi connectivity index (χ4n) is 0.896. The first-order valence-electron chi connectivity index (χ1n) is 3.90. The minimum Gasteiger partial charge on any atom is -0.462 e. The molecule has 72 valence electrons. The van der Waals surface area contributed by atoms with Crippen molar-refractivity contribution in [3.63, 3.8) is 0 Å². The Morgan fingerprint density at radius 2 is 2.21 bits per heavy atom. The monoisotopic (exact) mass is 261 g/mol. The van der Waals surface area contributed by atoms with Gasteiger partial charge in [-0.15, -0.1) is 12.6 Å². The number of ether oxygens (including phenoxy) is 1. The third-order valence-corrected chi connectivity index (χ3v) is 1.95. The molecule has 0 saturated carbocycles. The fourth-order valence-corrected chi connectivity index (χ4v) is 1.04. The molecule has 0 spiro atoms. The van der Waals surface area contributed by atoms with Gasteiger partial charge in [-0.3, -0.25) is 0 Å². The van der Waals surface area contributed by atoms with Crippen LogP contribution in [0.25, 0.3) is 0 Å². The molecular weight excluding hydrogens is 252 g/mol. The van der Waals surface area contributed by atoms with E-state index in [0.29, 0.717) is 22.8 Å². The molecule has 1 aromatic rings. The number of anilines is 1. The molecule has 0 aromatic heterocycles. The van der Waals surface area contributed by atoms with Crippen LogP contribution in [0.3, 0.4) is 0 Å². The molecule has 0 heterocycles. The van der Waals surface area contributed by atoms with E-state index in [1.165, 1.54) is 0 Å². The molecule has 0 aliphatic carbocycles. The van der Waals surface area contributed by atoms with Crippen LogP contribution in [0.2, 0.25) is 0 Å². The smallest absolute Gasteiger partial charge is 0.338 e. The fraction of sp³-hybridized carbons (Fsp3) is 0.222. The van der Waals surface area contributed by atoms with Crippen LogP contribution in [0.1, 0.15) is 17.3 Å². The van der Waals surface area contributed by atoms with Gasteiger partial charge in [0.05, 0.1) is 12.2 Å². The van der Waals surface area contributed by atoms with E-state index in [9.17, 15) is 4.79 Å². The van der Waals surface area contributed by atoms with E-state index in [-0.39, 0.29) is 25.4 Å². The quantitative estimate of drug-likeness (QED) is 0.369. The summed E-state index contributed by atoms with van der Waals surface area (Å²) in [4.78, 5) is 11.9. The van der Waals surface area contributed by atoms with Gasteiger partial charge in [0.2, 0.25) is 0 Å². The van der Waals surface area contributed by atoms with E-state index < -0.39 is 0 Å². The third-order valence-electron chi connectivity index (χ3n) is 1.54. The van der Waals surface area contributed by atoms with E-state index >= 15 is 0 Å². The maximum absolute atomic E-state index is 11.2. The van der Waals surface area contributed by atoms with Gasteiger partial charge >= 0.3 is 5.97 Å². The first-order chi connectivity index (χ1) is 6.15. The largest absolute Gasteiger partial charge is 0.462 e. The number of hydrogen-bond acceptors (Lipinski definition) is 4. The number of esters is 1. The Balaban J connectivity index is 0.00000169. The van der Waals surface area contributed by atoms with Crippen molar-refractivity contribution < 1.29 is 29.0 Å². The van der Waals surface area contributed by atoms with E-state index in [0.717, 1.165) is 0 Å². The Bertz CT molecular complexity index is 331. The summed E-state index contributed by atoms with van der Waals surface area (Å²) in [7, 11) is 0. The zero-order valence-electron chi connectivity index (χ0n) is 7.99. The number of nitrogen functional groups attached to an aromatic ring is 1. The van der Waals surface area contributed by atoms with Crippen molar-refractivity contribution in [1.82, 2.24) is 0 Å². The van der Waals surface area contributed by atoms with Gasteiger partial charge in [-0.2, -0.15) is 0 Å². The van der Waals surface area contributed by atoms with Gasteiger partial charge in [0, 0.05) is 30.1 Å². The molecule has 3 nitrogen and oxygen atoms in total. The summed E-state index contributed by atoms with van der Waals surface area (Å²) in [5.41, 5.74) is 6.51. The van der Waals surface area contributed by atoms with Crippen molar-refractivity contribution in [2.45, 2.75) is 11.8 Å². The Labute approximate surface area is 101 Å². The summed E-state index contributed by atoms with van der Waals surface area (Å²) >= 11 is 4.09. The van der Waals surface area contributed by atoms with Crippen LogP contribution in [0.15, 0.2) is 23.1 Å². The van der Waals surface area contributed by atoms with E-state index in [2.05, 4.69) is 12.6 Å². The SMILES string of the molecule is CCOC(=O)c1ccc(S)c(N)c1.[Zn]. The van der Waals surface area contributed by atoms with Gasteiger partial charge in [0.15, 0.2) is 0 Å². The summed E-state index contributed by atoms with van der Waals surface area (Å²) < 4.78 is 4.80. The average Bonchev–Trinajstić information content (AvgIpc) is 2.10. The van der Waals surface area contributed by atoms with Crippen molar-refractivity contribution in [1.29, 1.82) is 0 Å². The number of carbonyl (C=O) groups excluding carboxylic acids is 1. The maximum Gasteiger partial charge on any atom is 0.338 e. The predicted octanol–water partition coefficient (Wildman–Crippen LogP) is 1.73. The molecule has 0 aliphatic heterocycles. The number of carbonyl (C=O) groups is 1. The molecule has 0 amide bonds. The standard InChI is InChI=1S/C9H11NO2S.Zn/c1-2-12-9(11)6-3-4-8(13)7(10)5-6;/h3-5,13H,2,10H2,1H3;. The Kier molecular flexibility index (Phi) is 5.81. The molecular formula is C9H11NO2SZn. The zero-order chi connectivity index (χ0) is 9.84. The summed E-state index contributed by atoms with van der Waals surface area (Å²) in [6.45, 7) is 2.12. The molecule has 1 rings (SSSR count). The van der Waals surface area contributed by atoms with Crippen molar-refractivity contribution >= 4 is 24.3 Å². The summed E-state index contributed by atoms with van der Waals surface area (Å²) in [5.74, 6) is -0.359. The normalized spacial score (nSPS) is 9.00. The van der Waals surface area contributed by atoms with E-state index in [1.807, 2.05) is 0 Å². The molecule has 0 radical (unpaired) electrons. The van der Waals surface area contributed by atoms with Crippen LogP contribution in [0, 0.1) is 0 Å². The van der Waals surface area contributed by atoms with Gasteiger partial charge in [-0.1, -0.05) is 0 Å². The second-order valence-corrected chi connectivity index (χ2v) is 2.98. The molecule has 14 heavy (non-hydrogen) atoms. The molecule has 0 bridgehead atoms. The van der Waals surface area contributed by atoms with Crippen LogP contribution >= 0.6 is 12.6 Å². The van der Waals surface area contributed by atoms with Crippen molar-refractivity contribution in [3.8, 4) is 0 Å². The molecule has 0 fully saturated rings. The number of benzene rings is 1. The van der Waals surface area contributed by atoms with Gasteiger partial charge in [0.1, 0.15) is 0 Å². The van der Waals surface area contributed by atoms with Crippen LogP contribution in [0.4, 0.5) is 5.69 Å². The first kappa shape index (κ1) is 13.5. The van der Waals surface area contributed by atoms with Gasteiger partial charge in [0.25, 0.3) is 0 Å². The average molecular weight is 263 g/mol. The zero-order valence-corrected chi connectivity index (χ0v) is 11.8. The van der Waals surface area contributed by atoms with Crippen LogP contribution in [-0.4, -0.2) is 12.6 Å². The minimum atomic E-state index is -0.359. The number of rotatable bonds is 2.